The number of halogens is 8. The maximum absolute atomic E-state index is 13.6. The van der Waals surface area contributed by atoms with Crippen LogP contribution >= 0.6 is 0 Å². The van der Waals surface area contributed by atoms with Crippen molar-refractivity contribution >= 4 is 13.7 Å². The first kappa shape index (κ1) is 26.8. The first-order valence-electron chi connectivity index (χ1n) is 9.25. The molecular weight excluding hydrogens is 444 g/mol. The molecule has 0 radical (unpaired) electrons. The van der Waals surface area contributed by atoms with Gasteiger partial charge in [-0.3, -0.25) is 0 Å². The number of rotatable bonds is 13. The number of benzene rings is 1. The minimum atomic E-state index is -5.64. The average molecular weight is 468 g/mol. The Kier molecular flexibility index (Phi) is 9.71. The zero-order valence-electron chi connectivity index (χ0n) is 16.5. The van der Waals surface area contributed by atoms with Crippen molar-refractivity contribution in [3.05, 3.63) is 30.3 Å². The normalized spacial score (nSPS) is 14.7. The third kappa shape index (κ3) is 7.17. The molecule has 0 aliphatic rings. The summed E-state index contributed by atoms with van der Waals surface area (Å²) in [4.78, 5) is 0. The highest BCUT2D eigenvalue weighted by atomic mass is 28.4. The van der Waals surface area contributed by atoms with E-state index in [1.165, 1.54) is 0 Å². The van der Waals surface area contributed by atoms with Crippen LogP contribution in [0.1, 0.15) is 26.7 Å². The molecule has 12 heteroatoms. The summed E-state index contributed by atoms with van der Waals surface area (Å²) in [5.41, 5.74) is 0. The van der Waals surface area contributed by atoms with E-state index in [2.05, 4.69) is 4.74 Å². The van der Waals surface area contributed by atoms with Crippen LogP contribution in [0, 0.1) is 0 Å². The quantitative estimate of drug-likeness (QED) is 0.222. The van der Waals surface area contributed by atoms with Gasteiger partial charge in [0.1, 0.15) is 0 Å². The minimum absolute atomic E-state index is 0.0575. The van der Waals surface area contributed by atoms with Crippen LogP contribution in [0.3, 0.4) is 0 Å². The van der Waals surface area contributed by atoms with Crippen molar-refractivity contribution in [1.29, 1.82) is 0 Å². The van der Waals surface area contributed by atoms with Crippen molar-refractivity contribution in [2.24, 2.45) is 0 Å². The molecule has 0 N–H and O–H groups in total. The molecule has 174 valence electrons. The van der Waals surface area contributed by atoms with Gasteiger partial charge in [-0.15, -0.1) is 0 Å². The number of hydrogen-bond acceptors (Lipinski definition) is 3. The van der Waals surface area contributed by atoms with Crippen LogP contribution in [-0.2, 0) is 13.6 Å². The predicted octanol–water partition coefficient (Wildman–Crippen LogP) is 5.33. The molecule has 0 heterocycles. The fourth-order valence-corrected chi connectivity index (χ4v) is 6.01. The Morgan fingerprint density at radius 3 is 1.90 bits per heavy atom. The molecule has 30 heavy (non-hydrogen) atoms. The van der Waals surface area contributed by atoms with E-state index in [-0.39, 0.29) is 25.7 Å². The summed E-state index contributed by atoms with van der Waals surface area (Å²) >= 11 is 0. The largest absolute Gasteiger partial charge is 0.422 e. The van der Waals surface area contributed by atoms with Crippen LogP contribution in [0.25, 0.3) is 0 Å². The van der Waals surface area contributed by atoms with E-state index in [1.54, 1.807) is 44.2 Å². The van der Waals surface area contributed by atoms with Gasteiger partial charge >= 0.3 is 26.8 Å². The van der Waals surface area contributed by atoms with Crippen LogP contribution in [0.15, 0.2) is 30.3 Å². The molecule has 0 aliphatic carbocycles. The van der Waals surface area contributed by atoms with Crippen molar-refractivity contribution < 1.29 is 48.7 Å². The number of hydrogen-bond donors (Lipinski definition) is 0. The fourth-order valence-electron chi connectivity index (χ4n) is 2.77. The van der Waals surface area contributed by atoms with Gasteiger partial charge in [0, 0.05) is 13.2 Å². The molecule has 3 nitrogen and oxygen atoms in total. The molecule has 1 unspecified atom stereocenters. The second-order valence-corrected chi connectivity index (χ2v) is 9.52. The van der Waals surface area contributed by atoms with Crippen LogP contribution in [0.4, 0.5) is 35.1 Å². The Balaban J connectivity index is 2.81. The van der Waals surface area contributed by atoms with Crippen molar-refractivity contribution in [3.8, 4) is 0 Å². The molecule has 1 atom stereocenters. The fraction of sp³-hybridized carbons (Fsp3) is 0.667. The average Bonchev–Trinajstić information content (AvgIpc) is 2.64. The first-order valence-corrected chi connectivity index (χ1v) is 11.3. The summed E-state index contributed by atoms with van der Waals surface area (Å²) in [6.45, 7) is 2.95. The van der Waals surface area contributed by atoms with Gasteiger partial charge in [-0.25, -0.2) is 4.39 Å². The predicted molar refractivity (Wildman–Crippen MR) is 95.9 cm³/mol. The molecule has 0 bridgehead atoms. The lowest BCUT2D eigenvalue weighted by Crippen LogP contribution is -2.54. The molecule has 0 aliphatic heterocycles. The van der Waals surface area contributed by atoms with Gasteiger partial charge in [0.05, 0.1) is 13.0 Å². The van der Waals surface area contributed by atoms with E-state index in [0.29, 0.717) is 5.19 Å². The highest BCUT2D eigenvalue weighted by Gasteiger charge is 2.65. The van der Waals surface area contributed by atoms with Gasteiger partial charge in [-0.05, 0) is 31.5 Å². The van der Waals surface area contributed by atoms with Crippen LogP contribution in [-0.4, -0.2) is 52.8 Å². The standard InChI is InChI=1S/C18H24F8O3Si/c1-3-28-30(29-4-2,14-9-6-5-7-10-14)12-8-11-27-18(25,26)17(23,24)15(19)13-16(20,21)22/h5-7,9-10,15H,3-4,8,11-13H2,1-2H3. The van der Waals surface area contributed by atoms with E-state index >= 15 is 0 Å². The van der Waals surface area contributed by atoms with Crippen LogP contribution < -0.4 is 5.19 Å². The van der Waals surface area contributed by atoms with Gasteiger partial charge in [-0.2, -0.15) is 30.7 Å². The number of ether oxygens (including phenoxy) is 1. The number of alkyl halides is 8. The Morgan fingerprint density at radius 2 is 1.43 bits per heavy atom. The Hall–Kier alpha value is -1.24. The zero-order valence-corrected chi connectivity index (χ0v) is 17.5. The smallest absolute Gasteiger partial charge is 0.391 e. The second kappa shape index (κ2) is 10.9. The van der Waals surface area contributed by atoms with Gasteiger partial charge in [0.15, 0.2) is 6.17 Å². The lowest BCUT2D eigenvalue weighted by molar-refractivity contribution is -0.366. The SMILES string of the molecule is CCO[Si](CCCOC(F)(F)C(F)(F)C(F)CC(F)(F)F)(OCC)c1ccccc1. The summed E-state index contributed by atoms with van der Waals surface area (Å²) in [5, 5.41) is 0.694. The third-order valence-electron chi connectivity index (χ3n) is 4.09. The molecule has 1 aromatic carbocycles. The van der Waals surface area contributed by atoms with Crippen molar-refractivity contribution in [1.82, 2.24) is 0 Å². The summed E-state index contributed by atoms with van der Waals surface area (Å²) in [5.74, 6) is -5.64. The molecule has 1 rings (SSSR count). The lowest BCUT2D eigenvalue weighted by atomic mass is 10.1. The maximum atomic E-state index is 13.6. The maximum Gasteiger partial charge on any atom is 0.422 e. The Labute approximate surface area is 170 Å². The summed E-state index contributed by atoms with van der Waals surface area (Å²) in [7, 11) is -3.10. The Bertz CT molecular complexity index is 622. The molecule has 0 saturated heterocycles. The monoisotopic (exact) mass is 468 g/mol. The van der Waals surface area contributed by atoms with Crippen molar-refractivity contribution in [3.63, 3.8) is 0 Å². The highest BCUT2D eigenvalue weighted by molar-refractivity contribution is 6.81. The van der Waals surface area contributed by atoms with Gasteiger partial charge in [0.2, 0.25) is 0 Å². The van der Waals surface area contributed by atoms with Gasteiger partial charge in [0.25, 0.3) is 0 Å². The zero-order chi connectivity index (χ0) is 23.1. The second-order valence-electron chi connectivity index (χ2n) is 6.36. The van der Waals surface area contributed by atoms with Crippen molar-refractivity contribution in [2.75, 3.05) is 19.8 Å². The molecule has 0 amide bonds. The van der Waals surface area contributed by atoms with E-state index in [9.17, 15) is 35.1 Å². The highest BCUT2D eigenvalue weighted by Crippen LogP contribution is 2.43. The topological polar surface area (TPSA) is 27.7 Å². The summed E-state index contributed by atoms with van der Waals surface area (Å²) in [6.07, 6.45) is -17.8. The van der Waals surface area contributed by atoms with Crippen LogP contribution in [0.2, 0.25) is 6.04 Å². The first-order chi connectivity index (χ1) is 13.8. The summed E-state index contributed by atoms with van der Waals surface area (Å²) < 4.78 is 119. The van der Waals surface area contributed by atoms with Gasteiger partial charge in [-0.1, -0.05) is 30.3 Å². The minimum Gasteiger partial charge on any atom is -0.391 e. The molecule has 0 fully saturated rings. The molecular formula is C18H24F8O3Si. The lowest BCUT2D eigenvalue weighted by Gasteiger charge is -2.31. The molecule has 0 aromatic heterocycles. The Morgan fingerprint density at radius 1 is 0.900 bits per heavy atom. The van der Waals surface area contributed by atoms with E-state index in [4.69, 9.17) is 8.85 Å². The molecule has 1 aromatic rings. The molecule has 0 spiro atoms. The van der Waals surface area contributed by atoms with Crippen molar-refractivity contribution in [2.45, 2.75) is 57.1 Å². The van der Waals surface area contributed by atoms with E-state index in [1.807, 2.05) is 0 Å². The third-order valence-corrected chi connectivity index (χ3v) is 7.83. The summed E-state index contributed by atoms with van der Waals surface area (Å²) in [6, 6.07) is 8.71. The van der Waals surface area contributed by atoms with E-state index < -0.39 is 46.0 Å². The van der Waals surface area contributed by atoms with Gasteiger partial charge < -0.3 is 13.6 Å². The van der Waals surface area contributed by atoms with Crippen LogP contribution in [0.5, 0.6) is 0 Å². The van der Waals surface area contributed by atoms with E-state index in [0.717, 1.165) is 0 Å². The molecule has 0 saturated carbocycles.